The molecule has 4 rings (SSSR count). The summed E-state index contributed by atoms with van der Waals surface area (Å²) in [6, 6.07) is 6.09. The number of nitrogens with zero attached hydrogens (tertiary/aromatic N) is 3. The molecule has 1 aliphatic rings. The van der Waals surface area contributed by atoms with Gasteiger partial charge in [-0.25, -0.2) is 17.9 Å². The number of carbonyl (C=O) groups is 5. The highest BCUT2D eigenvalue weighted by molar-refractivity contribution is 5.84. The number of ether oxygens (including phenoxy) is 6. The molecule has 5 unspecified atom stereocenters. The zero-order valence-corrected chi connectivity index (χ0v) is 36.2. The fraction of sp³-hybridized carbons (Fsp3) is 0.548. The van der Waals surface area contributed by atoms with Gasteiger partial charge in [-0.15, -0.1) is 5.10 Å². The molecule has 3 aromatic rings. The lowest BCUT2D eigenvalue weighted by Gasteiger charge is -2.45. The van der Waals surface area contributed by atoms with Crippen molar-refractivity contribution in [3.63, 3.8) is 0 Å². The zero-order valence-electron chi connectivity index (χ0n) is 36.2. The van der Waals surface area contributed by atoms with E-state index < -0.39 is 106 Å². The third kappa shape index (κ3) is 13.2. The summed E-state index contributed by atoms with van der Waals surface area (Å²) in [4.78, 5) is 63.0. The Morgan fingerprint density at radius 1 is 0.825 bits per heavy atom. The van der Waals surface area contributed by atoms with E-state index in [1.807, 2.05) is 6.07 Å². The molecule has 21 heteroatoms. The lowest BCUT2D eigenvalue weighted by molar-refractivity contribution is -0.274. The van der Waals surface area contributed by atoms with Crippen LogP contribution >= 0.6 is 0 Å². The van der Waals surface area contributed by atoms with Crippen LogP contribution in [0.4, 0.5) is 22.0 Å². The quantitative estimate of drug-likeness (QED) is 0.0362. The molecule has 1 aromatic heterocycles. The van der Waals surface area contributed by atoms with E-state index in [2.05, 4.69) is 25.7 Å². The summed E-state index contributed by atoms with van der Waals surface area (Å²) in [5.74, 6) is -16.3. The molecule has 0 spiro atoms. The van der Waals surface area contributed by atoms with Gasteiger partial charge in [-0.3, -0.25) is 24.0 Å². The second-order valence-corrected chi connectivity index (χ2v) is 16.2. The Bertz CT molecular complexity index is 2110. The number of hydrogen-bond donors (Lipinski definition) is 2. The predicted octanol–water partition coefficient (Wildman–Crippen LogP) is 5.48. The van der Waals surface area contributed by atoms with Crippen LogP contribution in [0, 0.1) is 39.9 Å². The van der Waals surface area contributed by atoms with Gasteiger partial charge in [0.15, 0.2) is 18.5 Å². The van der Waals surface area contributed by atoms with E-state index in [-0.39, 0.29) is 26.1 Å². The Morgan fingerprint density at radius 2 is 1.44 bits per heavy atom. The summed E-state index contributed by atoms with van der Waals surface area (Å²) in [7, 11) is 1.54. The maximum Gasteiger partial charge on any atom is 0.317 e. The normalized spacial score (nSPS) is 18.9. The van der Waals surface area contributed by atoms with E-state index in [4.69, 9.17) is 23.7 Å². The third-order valence-corrected chi connectivity index (χ3v) is 9.95. The van der Waals surface area contributed by atoms with Gasteiger partial charge >= 0.3 is 17.9 Å². The molecular weight excluding hydrogens is 845 g/mol. The summed E-state index contributed by atoms with van der Waals surface area (Å²) in [6.07, 6.45) is -0.885. The van der Waals surface area contributed by atoms with Crippen molar-refractivity contribution >= 4 is 29.7 Å². The number of methoxy groups -OCH3 is 1. The van der Waals surface area contributed by atoms with Crippen molar-refractivity contribution < 1.29 is 74.3 Å². The highest BCUT2D eigenvalue weighted by Gasteiger charge is 2.51. The van der Waals surface area contributed by atoms with Crippen molar-refractivity contribution in [3.8, 4) is 22.8 Å². The van der Waals surface area contributed by atoms with Crippen LogP contribution in [0.5, 0.6) is 11.5 Å². The molecule has 2 heterocycles. The number of rotatable bonds is 20. The minimum Gasteiger partial charge on any atom is -0.497 e. The van der Waals surface area contributed by atoms with E-state index >= 15 is 0 Å². The van der Waals surface area contributed by atoms with Gasteiger partial charge in [0.1, 0.15) is 23.6 Å². The minimum atomic E-state index is -2.40. The van der Waals surface area contributed by atoms with Crippen molar-refractivity contribution in [1.29, 1.82) is 0 Å². The molecule has 2 aromatic carbocycles. The van der Waals surface area contributed by atoms with Gasteiger partial charge in [-0.1, -0.05) is 44.0 Å². The largest absolute Gasteiger partial charge is 0.497 e. The van der Waals surface area contributed by atoms with Gasteiger partial charge in [0, 0.05) is 44.9 Å². The Balaban J connectivity index is 1.33. The van der Waals surface area contributed by atoms with Crippen molar-refractivity contribution in [2.75, 3.05) is 20.3 Å². The fourth-order valence-corrected chi connectivity index (χ4v) is 7.12. The maximum absolute atomic E-state index is 14.1. The molecular formula is C42H52F5N5O11. The molecule has 63 heavy (non-hydrogen) atoms. The molecule has 0 radical (unpaired) electrons. The summed E-state index contributed by atoms with van der Waals surface area (Å²) in [6.45, 7) is 9.60. The van der Waals surface area contributed by atoms with Crippen LogP contribution in [0.3, 0.4) is 0 Å². The van der Waals surface area contributed by atoms with E-state index in [0.717, 1.165) is 5.56 Å². The molecule has 0 aliphatic carbocycles. The zero-order chi connectivity index (χ0) is 46.8. The van der Waals surface area contributed by atoms with Crippen LogP contribution in [0.2, 0.25) is 0 Å². The maximum atomic E-state index is 14.1. The standard InChI is InChI=1S/C42H52F5N5O11/c1-22(53)49-34-37(61-24(3)55)35(60-23(2)54)28(20-52-19-27(50-51-52)25-14-13-15-26(18-25)58-8)62-38(34)59-17-12-10-9-11-16-48-39(56)41(4,5)21-42(6,7)40(57)63-36-32(46)30(44)29(43)31(45)33(36)47/h13-15,18-19,28,34-35,37-38H,9-12,16-17,20-21H2,1-8H3,(H,48,56)(H,49,53). The first-order chi connectivity index (χ1) is 29.6. The first-order valence-corrected chi connectivity index (χ1v) is 20.0. The van der Waals surface area contributed by atoms with Crippen LogP contribution in [-0.4, -0.2) is 95.6 Å². The smallest absolute Gasteiger partial charge is 0.317 e. The first kappa shape index (κ1) is 50.0. The van der Waals surface area contributed by atoms with E-state index in [1.54, 1.807) is 24.4 Å². The summed E-state index contributed by atoms with van der Waals surface area (Å²) >= 11 is 0. The number of carbonyl (C=O) groups excluding carboxylic acids is 5. The highest BCUT2D eigenvalue weighted by Crippen LogP contribution is 2.37. The predicted molar refractivity (Wildman–Crippen MR) is 211 cm³/mol. The van der Waals surface area contributed by atoms with Gasteiger partial charge in [0.2, 0.25) is 46.6 Å². The van der Waals surface area contributed by atoms with Crippen molar-refractivity contribution in [2.24, 2.45) is 10.8 Å². The van der Waals surface area contributed by atoms with E-state index in [0.29, 0.717) is 37.1 Å². The number of halogens is 5. The number of aromatic nitrogens is 3. The minimum absolute atomic E-state index is 0.0259. The lowest BCUT2D eigenvalue weighted by Crippen LogP contribution is -2.66. The molecule has 1 fully saturated rings. The van der Waals surface area contributed by atoms with Crippen LogP contribution < -0.4 is 20.1 Å². The molecule has 1 saturated heterocycles. The summed E-state index contributed by atoms with van der Waals surface area (Å²) in [5.41, 5.74) is -1.60. The Labute approximate surface area is 360 Å². The molecule has 0 bridgehead atoms. The second-order valence-electron chi connectivity index (χ2n) is 16.2. The number of unbranched alkanes of at least 4 members (excludes halogenated alkanes) is 3. The fourth-order valence-electron chi connectivity index (χ4n) is 7.12. The number of amides is 2. The molecule has 16 nitrogen and oxygen atoms in total. The van der Waals surface area contributed by atoms with Crippen molar-refractivity contribution in [1.82, 2.24) is 25.6 Å². The topological polar surface area (TPSA) is 196 Å². The van der Waals surface area contributed by atoms with Crippen LogP contribution in [-0.2, 0) is 49.5 Å². The monoisotopic (exact) mass is 897 g/mol. The molecule has 2 amide bonds. The number of nitrogens with one attached hydrogen (secondary N) is 2. The van der Waals surface area contributed by atoms with Crippen LogP contribution in [0.25, 0.3) is 11.3 Å². The lowest BCUT2D eigenvalue weighted by atomic mass is 9.74. The summed E-state index contributed by atoms with van der Waals surface area (Å²) in [5, 5.41) is 13.9. The van der Waals surface area contributed by atoms with Crippen molar-refractivity contribution in [2.45, 2.75) is 118 Å². The van der Waals surface area contributed by atoms with Gasteiger partial charge in [-0.05, 0) is 45.2 Å². The third-order valence-electron chi connectivity index (χ3n) is 9.95. The first-order valence-electron chi connectivity index (χ1n) is 20.0. The van der Waals surface area contributed by atoms with Gasteiger partial charge < -0.3 is 39.1 Å². The van der Waals surface area contributed by atoms with Crippen molar-refractivity contribution in [3.05, 3.63) is 59.5 Å². The number of benzene rings is 2. The van der Waals surface area contributed by atoms with Crippen LogP contribution in [0.1, 0.15) is 80.6 Å². The Morgan fingerprint density at radius 3 is 2.06 bits per heavy atom. The number of hydrogen-bond acceptors (Lipinski definition) is 13. The Kier molecular flexibility index (Phi) is 17.1. The molecule has 2 N–H and O–H groups in total. The second kappa shape index (κ2) is 21.6. The molecule has 5 atom stereocenters. The molecule has 1 aliphatic heterocycles. The SMILES string of the molecule is COc1cccc(-c2cn(CC3OC(OCCCCCCNC(=O)C(C)(C)CC(C)(C)C(=O)Oc4c(F)c(F)c(F)c(F)c4F)C(NC(C)=O)C(OC(C)=O)C3OC(C)=O)nn2)c1. The van der Waals surface area contributed by atoms with Gasteiger partial charge in [-0.2, -0.15) is 8.78 Å². The summed E-state index contributed by atoms with van der Waals surface area (Å²) < 4.78 is 104. The molecule has 346 valence electrons. The van der Waals surface area contributed by atoms with E-state index in [1.165, 1.54) is 60.3 Å². The average molecular weight is 898 g/mol. The van der Waals surface area contributed by atoms with Gasteiger partial charge in [0.25, 0.3) is 0 Å². The Hall–Kier alpha value is -5.70. The average Bonchev–Trinajstić information content (AvgIpc) is 3.68. The highest BCUT2D eigenvalue weighted by atomic mass is 19.2. The van der Waals surface area contributed by atoms with E-state index in [9.17, 15) is 45.9 Å². The number of esters is 3. The van der Waals surface area contributed by atoms with Gasteiger partial charge in [0.05, 0.1) is 25.3 Å². The van der Waals surface area contributed by atoms with Crippen LogP contribution in [0.15, 0.2) is 30.5 Å². The molecule has 0 saturated carbocycles.